The summed E-state index contributed by atoms with van der Waals surface area (Å²) in [6.07, 6.45) is 4.44. The second kappa shape index (κ2) is 8.94. The van der Waals surface area contributed by atoms with Crippen molar-refractivity contribution in [2.45, 2.75) is 59.0 Å². The molecule has 6 heteroatoms. The Bertz CT molecular complexity index is 1250. The van der Waals surface area contributed by atoms with Crippen LogP contribution >= 0.6 is 22.9 Å². The van der Waals surface area contributed by atoms with Gasteiger partial charge in [-0.25, -0.2) is 0 Å². The number of halogens is 1. The van der Waals surface area contributed by atoms with Crippen molar-refractivity contribution in [2.75, 3.05) is 5.32 Å². The fourth-order valence-electron chi connectivity index (χ4n) is 5.22. The van der Waals surface area contributed by atoms with Gasteiger partial charge in [0.2, 0.25) is 0 Å². The first kappa shape index (κ1) is 23.3. The summed E-state index contributed by atoms with van der Waals surface area (Å²) < 4.78 is 0. The van der Waals surface area contributed by atoms with Gasteiger partial charge >= 0.3 is 0 Å². The van der Waals surface area contributed by atoms with Crippen LogP contribution in [0.4, 0.5) is 5.00 Å². The first-order valence-corrected chi connectivity index (χ1v) is 13.2. The highest BCUT2D eigenvalue weighted by Crippen LogP contribution is 2.47. The Hall–Kier alpha value is -2.50. The first-order valence-electron chi connectivity index (χ1n) is 12.0. The zero-order valence-electron chi connectivity index (χ0n) is 19.9. The van der Waals surface area contributed by atoms with E-state index < -0.39 is 6.17 Å². The van der Waals surface area contributed by atoms with Gasteiger partial charge in [-0.05, 0) is 71.9 Å². The van der Waals surface area contributed by atoms with Gasteiger partial charge in [-0.3, -0.25) is 4.79 Å². The molecule has 0 fully saturated rings. The molecule has 0 spiro atoms. The van der Waals surface area contributed by atoms with Gasteiger partial charge in [-0.2, -0.15) is 0 Å². The van der Waals surface area contributed by atoms with E-state index in [1.54, 1.807) is 17.4 Å². The number of carbonyl (C=O) groups is 1. The van der Waals surface area contributed by atoms with Gasteiger partial charge in [0.1, 0.15) is 16.9 Å². The Labute approximate surface area is 210 Å². The van der Waals surface area contributed by atoms with Crippen molar-refractivity contribution in [3.8, 4) is 5.75 Å². The molecule has 0 saturated heterocycles. The van der Waals surface area contributed by atoms with Crippen LogP contribution in [0, 0.1) is 11.3 Å². The molecule has 0 bridgehead atoms. The smallest absolute Gasteiger partial charge is 0.256 e. The van der Waals surface area contributed by atoms with E-state index in [0.717, 1.165) is 52.4 Å². The molecule has 34 heavy (non-hydrogen) atoms. The van der Waals surface area contributed by atoms with E-state index in [1.807, 2.05) is 36.4 Å². The Morgan fingerprint density at radius 2 is 1.97 bits per heavy atom. The molecule has 1 aromatic heterocycles. The standard InChI is InChI=1S/C28H31ClN2O2S/c1-4-28(2,3)18-10-11-19-23(15-18)34-27-24(19)26(33)30-25(31-27)20-14-16(9-12-22(20)32)13-17-7-5-6-8-21(17)29/h5-9,12,14,18,25,31-32H,4,10-11,13,15H2,1-3H3,(H,30,33)/t18-,25+/m1/s1. The maximum atomic E-state index is 13.2. The monoisotopic (exact) mass is 494 g/mol. The van der Waals surface area contributed by atoms with E-state index in [4.69, 9.17) is 11.6 Å². The van der Waals surface area contributed by atoms with Crippen molar-refractivity contribution in [3.63, 3.8) is 0 Å². The molecule has 1 amide bonds. The summed E-state index contributed by atoms with van der Waals surface area (Å²) in [6.45, 7) is 6.98. The zero-order valence-corrected chi connectivity index (χ0v) is 21.4. The fraction of sp³-hybridized carbons (Fsp3) is 0.393. The lowest BCUT2D eigenvalue weighted by Crippen LogP contribution is -2.38. The number of hydrogen-bond acceptors (Lipinski definition) is 4. The third kappa shape index (κ3) is 4.20. The number of hydrogen-bond donors (Lipinski definition) is 3. The lowest BCUT2D eigenvalue weighted by atomic mass is 9.69. The van der Waals surface area contributed by atoms with Crippen LogP contribution in [0.2, 0.25) is 5.02 Å². The number of phenols is 1. The van der Waals surface area contributed by atoms with Crippen LogP contribution in [0.5, 0.6) is 5.75 Å². The van der Waals surface area contributed by atoms with E-state index in [0.29, 0.717) is 23.3 Å². The van der Waals surface area contributed by atoms with Crippen LogP contribution in [0.3, 0.4) is 0 Å². The summed E-state index contributed by atoms with van der Waals surface area (Å²) in [5, 5.41) is 18.9. The highest BCUT2D eigenvalue weighted by molar-refractivity contribution is 7.16. The lowest BCUT2D eigenvalue weighted by molar-refractivity contribution is 0.0934. The number of carbonyl (C=O) groups excluding carboxylic acids is 1. The molecule has 2 atom stereocenters. The van der Waals surface area contributed by atoms with Gasteiger partial charge in [0.25, 0.3) is 5.91 Å². The predicted molar refractivity (Wildman–Crippen MR) is 140 cm³/mol. The van der Waals surface area contributed by atoms with Crippen molar-refractivity contribution in [2.24, 2.45) is 11.3 Å². The lowest BCUT2D eigenvalue weighted by Gasteiger charge is -2.36. The highest BCUT2D eigenvalue weighted by atomic mass is 35.5. The zero-order chi connectivity index (χ0) is 24.0. The van der Waals surface area contributed by atoms with Gasteiger partial charge < -0.3 is 15.7 Å². The van der Waals surface area contributed by atoms with Crippen LogP contribution < -0.4 is 10.6 Å². The van der Waals surface area contributed by atoms with Crippen LogP contribution in [0.25, 0.3) is 0 Å². The molecule has 0 radical (unpaired) electrons. The number of thiophene rings is 1. The van der Waals surface area contributed by atoms with Crippen LogP contribution in [0.15, 0.2) is 42.5 Å². The van der Waals surface area contributed by atoms with Crippen molar-refractivity contribution in [1.29, 1.82) is 0 Å². The summed E-state index contributed by atoms with van der Waals surface area (Å²) in [6, 6.07) is 13.3. The van der Waals surface area contributed by atoms with Crippen molar-refractivity contribution in [3.05, 3.63) is 80.2 Å². The highest BCUT2D eigenvalue weighted by Gasteiger charge is 2.37. The van der Waals surface area contributed by atoms with Crippen molar-refractivity contribution < 1.29 is 9.90 Å². The minimum Gasteiger partial charge on any atom is -0.508 e. The molecule has 3 N–H and O–H groups in total. The number of benzene rings is 2. The fourth-order valence-corrected chi connectivity index (χ4v) is 6.77. The number of aromatic hydroxyl groups is 1. The molecule has 3 aromatic rings. The maximum Gasteiger partial charge on any atom is 0.256 e. The number of rotatable bonds is 5. The van der Waals surface area contributed by atoms with E-state index >= 15 is 0 Å². The number of phenolic OH excluding ortho intramolecular Hbond substituents is 1. The number of nitrogens with one attached hydrogen (secondary N) is 2. The Morgan fingerprint density at radius 1 is 1.18 bits per heavy atom. The molecule has 5 rings (SSSR count). The summed E-state index contributed by atoms with van der Waals surface area (Å²) in [4.78, 5) is 14.6. The quantitative estimate of drug-likeness (QED) is 0.354. The number of fused-ring (bicyclic) bond motifs is 3. The molecule has 1 aliphatic carbocycles. The minimum absolute atomic E-state index is 0.0552. The number of anilines is 1. The Kier molecular flexibility index (Phi) is 6.11. The summed E-state index contributed by atoms with van der Waals surface area (Å²) in [5.74, 6) is 0.741. The van der Waals surface area contributed by atoms with E-state index in [9.17, 15) is 9.90 Å². The molecule has 0 unspecified atom stereocenters. The maximum absolute atomic E-state index is 13.2. The Morgan fingerprint density at radius 3 is 2.74 bits per heavy atom. The molecule has 2 aliphatic rings. The van der Waals surface area contributed by atoms with Gasteiger partial charge in [-0.15, -0.1) is 11.3 Å². The van der Waals surface area contributed by atoms with Crippen LogP contribution in [0.1, 0.15) is 77.3 Å². The van der Waals surface area contributed by atoms with Gasteiger partial charge in [0.05, 0.1) is 5.56 Å². The molecular formula is C28H31ClN2O2S. The van der Waals surface area contributed by atoms with Crippen molar-refractivity contribution in [1.82, 2.24) is 5.32 Å². The molecule has 178 valence electrons. The van der Waals surface area contributed by atoms with Crippen LogP contribution in [-0.4, -0.2) is 11.0 Å². The molecule has 1 aliphatic heterocycles. The van der Waals surface area contributed by atoms with Gasteiger partial charge in [-0.1, -0.05) is 63.1 Å². The van der Waals surface area contributed by atoms with E-state index in [-0.39, 0.29) is 11.7 Å². The summed E-state index contributed by atoms with van der Waals surface area (Å²) >= 11 is 8.06. The molecule has 0 saturated carbocycles. The van der Waals surface area contributed by atoms with Gasteiger partial charge in [0.15, 0.2) is 0 Å². The topological polar surface area (TPSA) is 61.4 Å². The third-order valence-electron chi connectivity index (χ3n) is 7.81. The minimum atomic E-state index is -0.478. The average Bonchev–Trinajstić information content (AvgIpc) is 3.20. The molecular weight excluding hydrogens is 464 g/mol. The number of amides is 1. The van der Waals surface area contributed by atoms with E-state index in [2.05, 4.69) is 31.4 Å². The second-order valence-corrected chi connectivity index (χ2v) is 11.7. The summed E-state index contributed by atoms with van der Waals surface area (Å²) in [7, 11) is 0. The molecule has 2 heterocycles. The van der Waals surface area contributed by atoms with E-state index in [1.165, 1.54) is 10.4 Å². The third-order valence-corrected chi connectivity index (χ3v) is 9.37. The molecule has 2 aromatic carbocycles. The van der Waals surface area contributed by atoms with Crippen LogP contribution in [-0.2, 0) is 19.3 Å². The van der Waals surface area contributed by atoms with Crippen molar-refractivity contribution >= 4 is 33.8 Å². The second-order valence-electron chi connectivity index (χ2n) is 10.2. The summed E-state index contributed by atoms with van der Waals surface area (Å²) in [5.41, 5.74) is 5.03. The largest absolute Gasteiger partial charge is 0.508 e. The first-order chi connectivity index (χ1) is 16.3. The predicted octanol–water partition coefficient (Wildman–Crippen LogP) is 7.09. The Balaban J connectivity index is 1.42. The molecule has 4 nitrogen and oxygen atoms in total. The SMILES string of the molecule is CCC(C)(C)[C@@H]1CCc2c(sc3c2C(=O)N[C@H](c2cc(Cc4ccccc4Cl)ccc2O)N3)C1. The average molecular weight is 495 g/mol. The normalized spacial score (nSPS) is 19.7. The van der Waals surface area contributed by atoms with Gasteiger partial charge in [0, 0.05) is 15.5 Å².